The zero-order valence-corrected chi connectivity index (χ0v) is 23.7. The molecule has 0 aliphatic heterocycles. The predicted molar refractivity (Wildman–Crippen MR) is 141 cm³/mol. The Kier molecular flexibility index (Phi) is 18.1. The number of hydrogen-bond donors (Lipinski definition) is 1. The minimum absolute atomic E-state index is 0.0736. The van der Waals surface area contributed by atoms with Crippen molar-refractivity contribution >= 4 is 0 Å². The molecule has 1 N–H and O–H groups in total. The van der Waals surface area contributed by atoms with Gasteiger partial charge in [-0.15, -0.1) is 0 Å². The highest BCUT2D eigenvalue weighted by Crippen LogP contribution is 2.31. The highest BCUT2D eigenvalue weighted by molar-refractivity contribution is 5.24. The Morgan fingerprint density at radius 3 is 1.34 bits per heavy atom. The molecule has 38 heavy (non-hydrogen) atoms. The maximum absolute atomic E-state index is 13.7. The van der Waals surface area contributed by atoms with Gasteiger partial charge in [-0.25, -0.2) is 22.0 Å². The van der Waals surface area contributed by atoms with Crippen LogP contribution in [0.3, 0.4) is 0 Å². The lowest BCUT2D eigenvalue weighted by atomic mass is 9.91. The highest BCUT2D eigenvalue weighted by Gasteiger charge is 2.38. The number of benzene rings is 1. The number of rotatable bonds is 23. The maximum atomic E-state index is 13.7. The summed E-state index contributed by atoms with van der Waals surface area (Å²) in [4.78, 5) is 0. The molecule has 0 spiro atoms. The second-order valence-corrected chi connectivity index (χ2v) is 10.2. The smallest absolute Gasteiger partial charge is 0.283 e. The van der Waals surface area contributed by atoms with Gasteiger partial charge >= 0.3 is 0 Å². The number of halogens is 5. The van der Waals surface area contributed by atoms with E-state index in [-0.39, 0.29) is 12.3 Å². The molecule has 0 radical (unpaired) electrons. The van der Waals surface area contributed by atoms with E-state index in [1.807, 2.05) is 13.8 Å². The van der Waals surface area contributed by atoms with Crippen LogP contribution in [-0.4, -0.2) is 24.3 Å². The van der Waals surface area contributed by atoms with Gasteiger partial charge in [0.05, 0.1) is 0 Å². The molecule has 1 aromatic rings. The first-order valence-corrected chi connectivity index (χ1v) is 14.7. The van der Waals surface area contributed by atoms with Gasteiger partial charge in [0.15, 0.2) is 23.3 Å². The first kappa shape index (κ1) is 34.8. The Balaban J connectivity index is 2.33. The lowest BCUT2D eigenvalue weighted by Crippen LogP contribution is -2.44. The van der Waals surface area contributed by atoms with Crippen LogP contribution in [-0.2, 0) is 15.9 Å². The minimum Gasteiger partial charge on any atom is -0.343 e. The summed E-state index contributed by atoms with van der Waals surface area (Å²) >= 11 is 0. The topological polar surface area (TPSA) is 38.7 Å². The summed E-state index contributed by atoms with van der Waals surface area (Å²) in [6, 6.07) is 0. The molecular weight excluding hydrogens is 503 g/mol. The summed E-state index contributed by atoms with van der Waals surface area (Å²) in [6.07, 6.45) is 15.5. The Labute approximate surface area is 226 Å². The van der Waals surface area contributed by atoms with Crippen molar-refractivity contribution in [1.29, 1.82) is 0 Å². The second kappa shape index (κ2) is 19.8. The Hall–Kier alpha value is -1.25. The number of hydrogen-bond acceptors (Lipinski definition) is 3. The van der Waals surface area contributed by atoms with Crippen LogP contribution >= 0.6 is 0 Å². The largest absolute Gasteiger partial charge is 0.343 e. The van der Waals surface area contributed by atoms with E-state index in [0.29, 0.717) is 26.1 Å². The van der Waals surface area contributed by atoms with E-state index in [1.165, 1.54) is 25.7 Å². The van der Waals surface area contributed by atoms with Gasteiger partial charge in [-0.2, -0.15) is 0 Å². The van der Waals surface area contributed by atoms with E-state index in [9.17, 15) is 27.1 Å². The standard InChI is InChI=1S/C30H49F5O3/c1-4-7-8-9-14-17-20-23(30(36,37-5-2)38-6-3)21-18-15-12-10-11-13-16-19-22-24-25(31)27(33)29(35)28(34)26(24)32/h23,36H,4-22H2,1-3H3. The lowest BCUT2D eigenvalue weighted by molar-refractivity contribution is -0.385. The van der Waals surface area contributed by atoms with E-state index in [0.717, 1.165) is 64.2 Å². The molecule has 1 aromatic carbocycles. The summed E-state index contributed by atoms with van der Waals surface area (Å²) < 4.78 is 78.5. The third kappa shape index (κ3) is 11.9. The van der Waals surface area contributed by atoms with Crippen LogP contribution in [0.25, 0.3) is 0 Å². The number of aliphatic hydroxyl groups is 1. The Morgan fingerprint density at radius 1 is 0.553 bits per heavy atom. The van der Waals surface area contributed by atoms with Crippen LogP contribution in [0.4, 0.5) is 22.0 Å². The molecule has 1 atom stereocenters. The molecule has 0 aliphatic carbocycles. The van der Waals surface area contributed by atoms with Gasteiger partial charge in [0.1, 0.15) is 0 Å². The van der Waals surface area contributed by atoms with Crippen molar-refractivity contribution in [3.63, 3.8) is 0 Å². The molecule has 0 bridgehead atoms. The molecule has 0 amide bonds. The summed E-state index contributed by atoms with van der Waals surface area (Å²) in [5.41, 5.74) is -0.726. The molecule has 1 rings (SSSR count). The third-order valence-corrected chi connectivity index (χ3v) is 7.15. The zero-order chi connectivity index (χ0) is 28.4. The monoisotopic (exact) mass is 552 g/mol. The quantitative estimate of drug-likeness (QED) is 0.0483. The number of unbranched alkanes of at least 4 members (excludes halogenated alkanes) is 12. The molecule has 0 saturated heterocycles. The van der Waals surface area contributed by atoms with Crippen molar-refractivity contribution in [3.05, 3.63) is 34.6 Å². The molecule has 0 fully saturated rings. The van der Waals surface area contributed by atoms with Gasteiger partial charge in [0.2, 0.25) is 5.82 Å². The summed E-state index contributed by atoms with van der Waals surface area (Å²) in [7, 11) is 0. The molecule has 0 aliphatic rings. The van der Waals surface area contributed by atoms with Gasteiger partial charge in [-0.05, 0) is 39.5 Å². The maximum Gasteiger partial charge on any atom is 0.283 e. The van der Waals surface area contributed by atoms with E-state index in [4.69, 9.17) is 9.47 Å². The molecule has 222 valence electrons. The highest BCUT2D eigenvalue weighted by atomic mass is 19.2. The van der Waals surface area contributed by atoms with Crippen LogP contribution in [0.5, 0.6) is 0 Å². The number of ether oxygens (including phenoxy) is 2. The molecular formula is C30H49F5O3. The first-order valence-electron chi connectivity index (χ1n) is 14.7. The van der Waals surface area contributed by atoms with Gasteiger partial charge in [-0.1, -0.05) is 90.4 Å². The van der Waals surface area contributed by atoms with Crippen molar-refractivity contribution in [2.45, 2.75) is 136 Å². The molecule has 8 heteroatoms. The summed E-state index contributed by atoms with van der Waals surface area (Å²) in [5.74, 6) is -10.9. The van der Waals surface area contributed by atoms with Crippen molar-refractivity contribution in [3.8, 4) is 0 Å². The third-order valence-electron chi connectivity index (χ3n) is 7.15. The lowest BCUT2D eigenvalue weighted by Gasteiger charge is -2.35. The second-order valence-electron chi connectivity index (χ2n) is 10.2. The van der Waals surface area contributed by atoms with E-state index in [2.05, 4.69) is 6.92 Å². The Morgan fingerprint density at radius 2 is 0.921 bits per heavy atom. The van der Waals surface area contributed by atoms with Crippen molar-refractivity contribution in [1.82, 2.24) is 0 Å². The molecule has 0 aromatic heterocycles. The van der Waals surface area contributed by atoms with Crippen LogP contribution in [0, 0.1) is 35.0 Å². The fourth-order valence-corrected chi connectivity index (χ4v) is 4.99. The molecule has 0 heterocycles. The summed E-state index contributed by atoms with van der Waals surface area (Å²) in [5, 5.41) is 11.0. The zero-order valence-electron chi connectivity index (χ0n) is 23.7. The fourth-order valence-electron chi connectivity index (χ4n) is 4.99. The predicted octanol–water partition coefficient (Wildman–Crippen LogP) is 9.52. The van der Waals surface area contributed by atoms with E-state index in [1.54, 1.807) is 0 Å². The van der Waals surface area contributed by atoms with Gasteiger partial charge in [-0.3, -0.25) is 0 Å². The SMILES string of the molecule is CCCCCCCCC(CCCCCCCCCCc1c(F)c(F)c(F)c(F)c1F)C(O)(OCC)OCC. The molecule has 3 nitrogen and oxygen atoms in total. The van der Waals surface area contributed by atoms with Crippen LogP contribution < -0.4 is 0 Å². The first-order chi connectivity index (χ1) is 18.2. The van der Waals surface area contributed by atoms with Crippen LogP contribution in [0.15, 0.2) is 0 Å². The molecule has 1 unspecified atom stereocenters. The van der Waals surface area contributed by atoms with E-state index >= 15 is 0 Å². The average molecular weight is 553 g/mol. The summed E-state index contributed by atoms with van der Waals surface area (Å²) in [6.45, 7) is 6.68. The normalized spacial score (nSPS) is 12.9. The van der Waals surface area contributed by atoms with Crippen molar-refractivity contribution in [2.75, 3.05) is 13.2 Å². The van der Waals surface area contributed by atoms with E-state index < -0.39 is 40.6 Å². The van der Waals surface area contributed by atoms with Crippen LogP contribution in [0.1, 0.15) is 129 Å². The van der Waals surface area contributed by atoms with Crippen molar-refractivity contribution < 1.29 is 36.5 Å². The molecule has 0 saturated carbocycles. The van der Waals surface area contributed by atoms with Gasteiger partial charge in [0.25, 0.3) is 5.97 Å². The van der Waals surface area contributed by atoms with Crippen LogP contribution in [0.2, 0.25) is 0 Å². The Bertz CT molecular complexity index is 740. The van der Waals surface area contributed by atoms with Gasteiger partial charge in [0, 0.05) is 24.7 Å². The van der Waals surface area contributed by atoms with Gasteiger partial charge < -0.3 is 14.6 Å². The van der Waals surface area contributed by atoms with Crippen molar-refractivity contribution in [2.24, 2.45) is 5.92 Å². The average Bonchev–Trinajstić information content (AvgIpc) is 2.90. The minimum atomic E-state index is -2.11. The fraction of sp³-hybridized carbons (Fsp3) is 0.800.